The molecule has 0 spiro atoms. The molecule has 3 heteroatoms. The molecule has 1 heterocycles. The van der Waals surface area contributed by atoms with Crippen LogP contribution in [0.15, 0.2) is 24.3 Å². The van der Waals surface area contributed by atoms with Gasteiger partial charge >= 0.3 is 0 Å². The Morgan fingerprint density at radius 3 is 2.93 bits per heavy atom. The van der Waals surface area contributed by atoms with Crippen molar-refractivity contribution in [2.24, 2.45) is 0 Å². The van der Waals surface area contributed by atoms with Gasteiger partial charge in [0.2, 0.25) is 0 Å². The first-order valence-electron chi connectivity index (χ1n) is 5.14. The summed E-state index contributed by atoms with van der Waals surface area (Å²) in [7, 11) is 1.97. The lowest BCUT2D eigenvalue weighted by Crippen LogP contribution is -2.23. The third kappa shape index (κ3) is 2.16. The normalized spacial score (nSPS) is 13.3. The van der Waals surface area contributed by atoms with Crippen LogP contribution in [-0.4, -0.2) is 18.1 Å². The van der Waals surface area contributed by atoms with Crippen LogP contribution in [0.4, 0.5) is 0 Å². The fourth-order valence-electron chi connectivity index (χ4n) is 1.72. The molecule has 0 bridgehead atoms. The number of nitrogens with one attached hydrogen (secondary N) is 2. The highest BCUT2D eigenvalue weighted by molar-refractivity contribution is 6.35. The van der Waals surface area contributed by atoms with Crippen molar-refractivity contribution in [2.75, 3.05) is 7.05 Å². The van der Waals surface area contributed by atoms with Gasteiger partial charge in [0, 0.05) is 23.5 Å². The maximum Gasteiger partial charge on any atom is 0.0647 e. The molecule has 0 aliphatic rings. The van der Waals surface area contributed by atoms with Crippen molar-refractivity contribution in [2.45, 2.75) is 19.4 Å². The van der Waals surface area contributed by atoms with Gasteiger partial charge in [-0.05, 0) is 26.1 Å². The second-order valence-corrected chi connectivity index (χ2v) is 4.30. The summed E-state index contributed by atoms with van der Waals surface area (Å²) in [5.41, 5.74) is 2.26. The maximum absolute atomic E-state index is 6.09. The van der Waals surface area contributed by atoms with Crippen LogP contribution < -0.4 is 5.32 Å². The highest BCUT2D eigenvalue weighted by Gasteiger charge is 2.06. The van der Waals surface area contributed by atoms with Crippen LogP contribution in [0.3, 0.4) is 0 Å². The number of H-pyrrole nitrogens is 1. The van der Waals surface area contributed by atoms with E-state index in [2.05, 4.69) is 29.4 Å². The minimum absolute atomic E-state index is 0.469. The molecule has 1 aromatic heterocycles. The van der Waals surface area contributed by atoms with Crippen LogP contribution in [0, 0.1) is 0 Å². The Balaban J connectivity index is 2.35. The topological polar surface area (TPSA) is 27.8 Å². The number of halogens is 1. The van der Waals surface area contributed by atoms with Gasteiger partial charge in [0.15, 0.2) is 0 Å². The Morgan fingerprint density at radius 2 is 2.27 bits per heavy atom. The zero-order valence-corrected chi connectivity index (χ0v) is 9.73. The zero-order chi connectivity index (χ0) is 10.8. The molecule has 2 rings (SSSR count). The number of aromatic nitrogens is 1. The molecule has 15 heavy (non-hydrogen) atoms. The van der Waals surface area contributed by atoms with Crippen molar-refractivity contribution in [1.82, 2.24) is 10.3 Å². The fourth-order valence-corrected chi connectivity index (χ4v) is 1.95. The number of rotatable bonds is 3. The summed E-state index contributed by atoms with van der Waals surface area (Å²) in [5, 5.41) is 5.19. The van der Waals surface area contributed by atoms with E-state index in [0.29, 0.717) is 6.04 Å². The molecule has 80 valence electrons. The summed E-state index contributed by atoms with van der Waals surface area (Å²) in [5.74, 6) is 0. The first kappa shape index (κ1) is 10.5. The van der Waals surface area contributed by atoms with Gasteiger partial charge in [0.05, 0.1) is 10.5 Å². The number of fused-ring (bicyclic) bond motifs is 1. The molecule has 0 saturated carbocycles. The monoisotopic (exact) mass is 222 g/mol. The Morgan fingerprint density at radius 1 is 1.47 bits per heavy atom. The highest BCUT2D eigenvalue weighted by atomic mass is 35.5. The van der Waals surface area contributed by atoms with Gasteiger partial charge in [-0.3, -0.25) is 0 Å². The van der Waals surface area contributed by atoms with Crippen LogP contribution in [0.1, 0.15) is 12.6 Å². The summed E-state index contributed by atoms with van der Waals surface area (Å²) < 4.78 is 0. The smallest absolute Gasteiger partial charge is 0.0647 e. The summed E-state index contributed by atoms with van der Waals surface area (Å²) in [6.07, 6.45) is 0.988. The van der Waals surface area contributed by atoms with Gasteiger partial charge in [-0.2, -0.15) is 0 Å². The average Bonchev–Trinajstić information content (AvgIpc) is 2.62. The molecule has 0 aliphatic heterocycles. The lowest BCUT2D eigenvalue weighted by Gasteiger charge is -2.07. The zero-order valence-electron chi connectivity index (χ0n) is 8.97. The van der Waals surface area contributed by atoms with Gasteiger partial charge in [-0.1, -0.05) is 23.7 Å². The average molecular weight is 223 g/mol. The SMILES string of the molecule is CNC(C)Cc1cc2cccc(Cl)c2[nH]1. The van der Waals surface area contributed by atoms with Crippen molar-refractivity contribution < 1.29 is 0 Å². The number of hydrogen-bond donors (Lipinski definition) is 2. The van der Waals surface area contributed by atoms with E-state index in [1.54, 1.807) is 0 Å². The number of hydrogen-bond acceptors (Lipinski definition) is 1. The Labute approximate surface area is 94.6 Å². The van der Waals surface area contributed by atoms with E-state index in [0.717, 1.165) is 17.0 Å². The summed E-state index contributed by atoms with van der Waals surface area (Å²) in [4.78, 5) is 3.36. The minimum atomic E-state index is 0.469. The molecule has 2 N–H and O–H groups in total. The van der Waals surface area contributed by atoms with Gasteiger partial charge in [-0.15, -0.1) is 0 Å². The molecule has 0 radical (unpaired) electrons. The second-order valence-electron chi connectivity index (χ2n) is 3.89. The van der Waals surface area contributed by atoms with Gasteiger partial charge in [0.25, 0.3) is 0 Å². The van der Waals surface area contributed by atoms with E-state index in [9.17, 15) is 0 Å². The van der Waals surface area contributed by atoms with Crippen LogP contribution in [-0.2, 0) is 6.42 Å². The number of aromatic amines is 1. The lowest BCUT2D eigenvalue weighted by atomic mass is 10.2. The third-order valence-electron chi connectivity index (χ3n) is 2.68. The summed E-state index contributed by atoms with van der Waals surface area (Å²) in [6, 6.07) is 8.59. The number of para-hydroxylation sites is 1. The van der Waals surface area contributed by atoms with E-state index in [-0.39, 0.29) is 0 Å². The molecule has 2 aromatic rings. The fraction of sp³-hybridized carbons (Fsp3) is 0.333. The first-order valence-corrected chi connectivity index (χ1v) is 5.52. The van der Waals surface area contributed by atoms with Gasteiger partial charge < -0.3 is 10.3 Å². The molecule has 2 nitrogen and oxygen atoms in total. The van der Waals surface area contributed by atoms with Crippen molar-refractivity contribution in [3.05, 3.63) is 35.0 Å². The standard InChI is InChI=1S/C12H15ClN2/c1-8(14-2)6-10-7-9-4-3-5-11(13)12(9)15-10/h3-5,7-8,14-15H,6H2,1-2H3. The maximum atomic E-state index is 6.09. The van der Waals surface area contributed by atoms with Gasteiger partial charge in [-0.25, -0.2) is 0 Å². The van der Waals surface area contributed by atoms with E-state index in [1.807, 2.05) is 19.2 Å². The quantitative estimate of drug-likeness (QED) is 0.821. The Kier molecular flexibility index (Phi) is 2.98. The van der Waals surface area contributed by atoms with E-state index >= 15 is 0 Å². The minimum Gasteiger partial charge on any atom is -0.357 e. The molecular formula is C12H15ClN2. The molecule has 0 fully saturated rings. The molecule has 1 aromatic carbocycles. The van der Waals surface area contributed by atoms with Crippen molar-refractivity contribution >= 4 is 22.5 Å². The molecular weight excluding hydrogens is 208 g/mol. The van der Waals surface area contributed by atoms with E-state index in [4.69, 9.17) is 11.6 Å². The van der Waals surface area contributed by atoms with Crippen molar-refractivity contribution in [3.8, 4) is 0 Å². The second kappa shape index (κ2) is 4.25. The van der Waals surface area contributed by atoms with Crippen LogP contribution >= 0.6 is 11.6 Å². The summed E-state index contributed by atoms with van der Waals surface area (Å²) >= 11 is 6.09. The molecule has 0 amide bonds. The molecule has 0 saturated heterocycles. The third-order valence-corrected chi connectivity index (χ3v) is 2.99. The number of likely N-dealkylation sites (N-methyl/N-ethyl adjacent to an activating group) is 1. The van der Waals surface area contributed by atoms with Crippen LogP contribution in [0.2, 0.25) is 5.02 Å². The lowest BCUT2D eigenvalue weighted by molar-refractivity contribution is 0.603. The Bertz CT molecular complexity index is 462. The van der Waals surface area contributed by atoms with Crippen molar-refractivity contribution in [1.29, 1.82) is 0 Å². The molecule has 1 atom stereocenters. The van der Waals surface area contributed by atoms with Crippen LogP contribution in [0.25, 0.3) is 10.9 Å². The highest BCUT2D eigenvalue weighted by Crippen LogP contribution is 2.23. The van der Waals surface area contributed by atoms with E-state index in [1.165, 1.54) is 11.1 Å². The predicted octanol–water partition coefficient (Wildman–Crippen LogP) is 2.97. The largest absolute Gasteiger partial charge is 0.357 e. The first-order chi connectivity index (χ1) is 7.20. The van der Waals surface area contributed by atoms with E-state index < -0.39 is 0 Å². The molecule has 1 unspecified atom stereocenters. The Hall–Kier alpha value is -0.990. The van der Waals surface area contributed by atoms with Crippen LogP contribution in [0.5, 0.6) is 0 Å². The van der Waals surface area contributed by atoms with Crippen molar-refractivity contribution in [3.63, 3.8) is 0 Å². The molecule has 0 aliphatic carbocycles. The number of benzene rings is 1. The van der Waals surface area contributed by atoms with Gasteiger partial charge in [0.1, 0.15) is 0 Å². The summed E-state index contributed by atoms with van der Waals surface area (Å²) in [6.45, 7) is 2.16. The predicted molar refractivity (Wildman–Crippen MR) is 65.5 cm³/mol.